The number of hydrogen-bond acceptors (Lipinski definition) is 5. The van der Waals surface area contributed by atoms with Crippen molar-refractivity contribution in [2.45, 2.75) is 39.2 Å². The lowest BCUT2D eigenvalue weighted by Gasteiger charge is -2.41. The van der Waals surface area contributed by atoms with Crippen LogP contribution in [0.1, 0.15) is 44.7 Å². The first-order valence-electron chi connectivity index (χ1n) is 10.5. The van der Waals surface area contributed by atoms with Gasteiger partial charge in [0.1, 0.15) is 0 Å². The van der Waals surface area contributed by atoms with Crippen molar-refractivity contribution in [3.05, 3.63) is 41.1 Å². The first kappa shape index (κ1) is 22.2. The van der Waals surface area contributed by atoms with Gasteiger partial charge in [0, 0.05) is 38.6 Å². The monoisotopic (exact) mass is 429 g/mol. The number of amidine groups is 1. The van der Waals surface area contributed by atoms with Crippen LogP contribution in [0.25, 0.3) is 0 Å². The minimum atomic E-state index is -0.217. The van der Waals surface area contributed by atoms with Crippen LogP contribution >= 0.6 is 11.8 Å². The van der Waals surface area contributed by atoms with Gasteiger partial charge in [-0.15, -0.1) is 0 Å². The molecule has 0 bridgehead atoms. The van der Waals surface area contributed by atoms with Crippen molar-refractivity contribution in [1.82, 2.24) is 15.1 Å². The molecule has 0 aliphatic carbocycles. The second kappa shape index (κ2) is 10.0. The number of anilines is 1. The van der Waals surface area contributed by atoms with Gasteiger partial charge in [-0.3, -0.25) is 4.79 Å². The van der Waals surface area contributed by atoms with Crippen molar-refractivity contribution in [3.8, 4) is 0 Å². The molecule has 1 aromatic rings. The number of nitrogens with one attached hydrogen (secondary N) is 2. The van der Waals surface area contributed by atoms with E-state index in [1.54, 1.807) is 30.8 Å². The summed E-state index contributed by atoms with van der Waals surface area (Å²) < 4.78 is 0. The zero-order valence-electron chi connectivity index (χ0n) is 18.2. The number of amides is 3. The van der Waals surface area contributed by atoms with Crippen molar-refractivity contribution >= 4 is 34.6 Å². The third-order valence-corrected chi connectivity index (χ3v) is 6.25. The number of rotatable bonds is 6. The molecule has 1 unspecified atom stereocenters. The standard InChI is InChI=1S/C22H31N5O2S/c1-5-6-11-23-21(29)25-17-10-7-9-16(14-17)19-18(20(28)26(3)4)15(2)24-22-27(19)12-8-13-30-22/h7,9-10,14,19H,5-6,8,11-13H2,1-4H3,(H2,23,25,29). The summed E-state index contributed by atoms with van der Waals surface area (Å²) in [7, 11) is 3.53. The maximum absolute atomic E-state index is 13.1. The Labute approximate surface area is 183 Å². The second-order valence-corrected chi connectivity index (χ2v) is 8.81. The van der Waals surface area contributed by atoms with Gasteiger partial charge in [0.05, 0.1) is 17.3 Å². The Bertz CT molecular complexity index is 865. The van der Waals surface area contributed by atoms with E-state index in [0.717, 1.165) is 48.0 Å². The second-order valence-electron chi connectivity index (χ2n) is 7.75. The van der Waals surface area contributed by atoms with Crippen molar-refractivity contribution in [2.75, 3.05) is 38.3 Å². The van der Waals surface area contributed by atoms with Crippen molar-refractivity contribution in [1.29, 1.82) is 0 Å². The minimum Gasteiger partial charge on any atom is -0.345 e. The van der Waals surface area contributed by atoms with Crippen LogP contribution in [0.15, 0.2) is 40.5 Å². The van der Waals surface area contributed by atoms with Gasteiger partial charge in [0.2, 0.25) is 0 Å². The lowest BCUT2D eigenvalue weighted by Crippen LogP contribution is -2.43. The number of carbonyl (C=O) groups is 2. The number of unbranched alkanes of at least 4 members (excludes halogenated alkanes) is 1. The Kier molecular flexibility index (Phi) is 7.42. The number of urea groups is 1. The van der Waals surface area contributed by atoms with Crippen LogP contribution in [0.2, 0.25) is 0 Å². The number of allylic oxidation sites excluding steroid dienone is 1. The highest BCUT2D eigenvalue weighted by molar-refractivity contribution is 8.13. The van der Waals surface area contributed by atoms with Gasteiger partial charge in [-0.05, 0) is 37.5 Å². The number of thioether (sulfide) groups is 1. The third-order valence-electron chi connectivity index (χ3n) is 5.17. The van der Waals surface area contributed by atoms with E-state index in [0.29, 0.717) is 17.8 Å². The highest BCUT2D eigenvalue weighted by Crippen LogP contribution is 2.40. The number of aliphatic imine (C=N–C) groups is 1. The van der Waals surface area contributed by atoms with Gasteiger partial charge < -0.3 is 20.4 Å². The molecule has 0 aromatic heterocycles. The fourth-order valence-electron chi connectivity index (χ4n) is 3.67. The molecule has 2 aliphatic rings. The molecule has 1 atom stereocenters. The van der Waals surface area contributed by atoms with Crippen molar-refractivity contribution in [3.63, 3.8) is 0 Å². The first-order chi connectivity index (χ1) is 14.4. The predicted octanol–water partition coefficient (Wildman–Crippen LogP) is 3.82. The molecule has 1 aromatic carbocycles. The van der Waals surface area contributed by atoms with E-state index in [1.165, 1.54) is 0 Å². The normalized spacial score (nSPS) is 18.5. The average Bonchev–Trinajstić information content (AvgIpc) is 2.72. The Morgan fingerprint density at radius 1 is 1.33 bits per heavy atom. The van der Waals surface area contributed by atoms with Crippen LogP contribution in [0, 0.1) is 0 Å². The van der Waals surface area contributed by atoms with Crippen LogP contribution in [-0.4, -0.2) is 59.8 Å². The van der Waals surface area contributed by atoms with Gasteiger partial charge in [-0.1, -0.05) is 37.2 Å². The lowest BCUT2D eigenvalue weighted by atomic mass is 9.93. The predicted molar refractivity (Wildman–Crippen MR) is 124 cm³/mol. The van der Waals surface area contributed by atoms with Crippen LogP contribution in [0.4, 0.5) is 10.5 Å². The number of carbonyl (C=O) groups excluding carboxylic acids is 2. The zero-order valence-corrected chi connectivity index (χ0v) is 19.0. The highest BCUT2D eigenvalue weighted by atomic mass is 32.2. The molecule has 2 heterocycles. The fraction of sp³-hybridized carbons (Fsp3) is 0.500. The summed E-state index contributed by atoms with van der Waals surface area (Å²) in [6.07, 6.45) is 3.02. The summed E-state index contributed by atoms with van der Waals surface area (Å²) in [5, 5.41) is 6.75. The third kappa shape index (κ3) is 4.98. The maximum Gasteiger partial charge on any atom is 0.319 e. The molecule has 1 saturated heterocycles. The van der Waals surface area contributed by atoms with E-state index >= 15 is 0 Å². The van der Waals surface area contributed by atoms with Gasteiger partial charge in [-0.25, -0.2) is 9.79 Å². The molecule has 0 radical (unpaired) electrons. The van der Waals surface area contributed by atoms with Crippen molar-refractivity contribution in [2.24, 2.45) is 4.99 Å². The van der Waals surface area contributed by atoms with Gasteiger partial charge in [0.15, 0.2) is 5.17 Å². The maximum atomic E-state index is 13.1. The summed E-state index contributed by atoms with van der Waals surface area (Å²) in [6.45, 7) is 5.50. The Hall–Kier alpha value is -2.48. The number of nitrogens with zero attached hydrogens (tertiary/aromatic N) is 3. The molecule has 2 N–H and O–H groups in total. The fourth-order valence-corrected chi connectivity index (χ4v) is 4.69. The highest BCUT2D eigenvalue weighted by Gasteiger charge is 2.37. The Morgan fingerprint density at radius 2 is 2.13 bits per heavy atom. The Morgan fingerprint density at radius 3 is 2.87 bits per heavy atom. The van der Waals surface area contributed by atoms with Crippen LogP contribution < -0.4 is 10.6 Å². The van der Waals surface area contributed by atoms with Crippen LogP contribution in [0.5, 0.6) is 0 Å². The van der Waals surface area contributed by atoms with Crippen LogP contribution in [-0.2, 0) is 4.79 Å². The summed E-state index contributed by atoms with van der Waals surface area (Å²) in [4.78, 5) is 33.8. The molecule has 0 spiro atoms. The van der Waals surface area contributed by atoms with E-state index in [-0.39, 0.29) is 18.0 Å². The quantitative estimate of drug-likeness (QED) is 0.674. The Balaban J connectivity index is 1.92. The average molecular weight is 430 g/mol. The summed E-state index contributed by atoms with van der Waals surface area (Å²) in [6, 6.07) is 7.34. The molecule has 162 valence electrons. The summed E-state index contributed by atoms with van der Waals surface area (Å²) >= 11 is 1.73. The molecule has 3 rings (SSSR count). The largest absolute Gasteiger partial charge is 0.345 e. The van der Waals surface area contributed by atoms with Gasteiger partial charge >= 0.3 is 6.03 Å². The minimum absolute atomic E-state index is 0.0356. The molecule has 0 saturated carbocycles. The van der Waals surface area contributed by atoms with Crippen LogP contribution in [0.3, 0.4) is 0 Å². The number of fused-ring (bicyclic) bond motifs is 1. The van der Waals surface area contributed by atoms with Gasteiger partial charge in [-0.2, -0.15) is 0 Å². The van der Waals surface area contributed by atoms with E-state index < -0.39 is 0 Å². The van der Waals surface area contributed by atoms with E-state index in [4.69, 9.17) is 4.99 Å². The molecule has 1 fully saturated rings. The summed E-state index contributed by atoms with van der Waals surface area (Å²) in [5.41, 5.74) is 3.14. The molecule has 8 heteroatoms. The van der Waals surface area contributed by atoms with E-state index in [1.807, 2.05) is 31.2 Å². The number of likely N-dealkylation sites (N-methyl/N-ethyl adjacent to an activating group) is 1. The SMILES string of the molecule is CCCCNC(=O)Nc1cccc(C2C(C(=O)N(C)C)=C(C)N=C3SCCCN32)c1. The number of hydrogen-bond donors (Lipinski definition) is 2. The molecule has 3 amide bonds. The van der Waals surface area contributed by atoms with Gasteiger partial charge in [0.25, 0.3) is 5.91 Å². The summed E-state index contributed by atoms with van der Waals surface area (Å²) in [5.74, 6) is 0.998. The topological polar surface area (TPSA) is 77.0 Å². The smallest absolute Gasteiger partial charge is 0.319 e. The molecular weight excluding hydrogens is 398 g/mol. The lowest BCUT2D eigenvalue weighted by molar-refractivity contribution is -0.125. The van der Waals surface area contributed by atoms with E-state index in [2.05, 4.69) is 22.5 Å². The van der Waals surface area contributed by atoms with E-state index in [9.17, 15) is 9.59 Å². The molecule has 30 heavy (non-hydrogen) atoms. The zero-order chi connectivity index (χ0) is 21.7. The molecular formula is C22H31N5O2S. The first-order valence-corrected chi connectivity index (χ1v) is 11.5. The number of benzene rings is 1. The van der Waals surface area contributed by atoms with Crippen molar-refractivity contribution < 1.29 is 9.59 Å². The molecule has 2 aliphatic heterocycles. The molecule has 7 nitrogen and oxygen atoms in total.